The fourth-order valence-corrected chi connectivity index (χ4v) is 6.80. The topological polar surface area (TPSA) is 17.1 Å². The highest BCUT2D eigenvalue weighted by Gasteiger charge is 2.53. The lowest BCUT2D eigenvalue weighted by Crippen LogP contribution is -2.52. The van der Waals surface area contributed by atoms with Crippen molar-refractivity contribution in [1.82, 2.24) is 0 Å². The predicted octanol–water partition coefficient (Wildman–Crippen LogP) is 4.94. The van der Waals surface area contributed by atoms with Crippen molar-refractivity contribution in [3.8, 4) is 0 Å². The van der Waals surface area contributed by atoms with Crippen LogP contribution in [0.4, 0.5) is 0 Å². The molecular formula is C10H14I4O. The van der Waals surface area contributed by atoms with Crippen LogP contribution in [-0.4, -0.2) is 14.6 Å². The maximum Gasteiger partial charge on any atom is 0.175 e. The van der Waals surface area contributed by atoms with Gasteiger partial charge in [0.05, 0.1) is 3.42 Å². The number of carbonyl (C=O) groups excluding carboxylic acids is 1. The Kier molecular flexibility index (Phi) is 5.95. The molecule has 15 heavy (non-hydrogen) atoms. The van der Waals surface area contributed by atoms with Crippen LogP contribution in [0, 0.1) is 5.92 Å². The van der Waals surface area contributed by atoms with Crippen LogP contribution in [0.25, 0.3) is 0 Å². The third-order valence-corrected chi connectivity index (χ3v) is 10.2. The predicted molar refractivity (Wildman–Crippen MR) is 99.0 cm³/mol. The maximum absolute atomic E-state index is 12.5. The number of hydrogen-bond donors (Lipinski definition) is 0. The van der Waals surface area contributed by atoms with Crippen molar-refractivity contribution in [3.63, 3.8) is 0 Å². The molecule has 0 amide bonds. The minimum absolute atomic E-state index is 0.146. The van der Waals surface area contributed by atoms with Gasteiger partial charge >= 0.3 is 0 Å². The average Bonchev–Trinajstić information content (AvgIpc) is 2.12. The van der Waals surface area contributed by atoms with E-state index in [0.29, 0.717) is 15.6 Å². The molecule has 1 nitrogen and oxygen atoms in total. The van der Waals surface area contributed by atoms with Gasteiger partial charge in [0.25, 0.3) is 0 Å². The molecule has 0 saturated heterocycles. The molecule has 1 rings (SSSR count). The monoisotopic (exact) mass is 658 g/mol. The molecule has 0 spiro atoms. The van der Waals surface area contributed by atoms with Crippen molar-refractivity contribution in [2.24, 2.45) is 5.92 Å². The molecule has 1 aliphatic rings. The van der Waals surface area contributed by atoms with Crippen LogP contribution in [0.3, 0.4) is 0 Å². The summed E-state index contributed by atoms with van der Waals surface area (Å²) in [7, 11) is 0. The zero-order chi connectivity index (χ0) is 11.9. The lowest BCUT2D eigenvalue weighted by atomic mass is 9.82. The van der Waals surface area contributed by atoms with E-state index in [1.165, 1.54) is 6.42 Å². The van der Waals surface area contributed by atoms with Crippen LogP contribution in [-0.2, 0) is 4.79 Å². The van der Waals surface area contributed by atoms with Gasteiger partial charge in [-0.05, 0) is 25.2 Å². The molecule has 0 aromatic heterocycles. The van der Waals surface area contributed by atoms with Crippen LogP contribution in [0.15, 0.2) is 0 Å². The van der Waals surface area contributed by atoms with E-state index in [1.54, 1.807) is 0 Å². The van der Waals surface area contributed by atoms with E-state index < -0.39 is 0 Å². The quantitative estimate of drug-likeness (QED) is 0.304. The van der Waals surface area contributed by atoms with E-state index in [1.807, 2.05) is 0 Å². The number of Topliss-reactive ketones (excluding diaryl/α,β-unsaturated/α-hetero) is 1. The second-order valence-corrected chi connectivity index (χ2v) is 13.4. The Labute approximate surface area is 146 Å². The summed E-state index contributed by atoms with van der Waals surface area (Å²) in [5.41, 5.74) is 0. The third-order valence-electron chi connectivity index (χ3n) is 2.76. The third kappa shape index (κ3) is 3.32. The molecule has 88 valence electrons. The van der Waals surface area contributed by atoms with E-state index in [4.69, 9.17) is 0 Å². The highest BCUT2D eigenvalue weighted by Crippen LogP contribution is 2.51. The Morgan fingerprint density at radius 2 is 1.73 bits per heavy atom. The molecule has 0 aromatic carbocycles. The Hall–Kier alpha value is 2.59. The standard InChI is InChI=1S/C10H14I4O/c1-6(2)7(11)9(12)4-3-5-10(13,14)8(9)15/h6-7H,3-5H2,1-2H3. The SMILES string of the molecule is CC(C)C(I)C1(I)CCCC(I)(I)C1=O. The molecule has 0 heterocycles. The van der Waals surface area contributed by atoms with Crippen molar-refractivity contribution in [3.05, 3.63) is 0 Å². The van der Waals surface area contributed by atoms with Crippen LogP contribution in [0.5, 0.6) is 0 Å². The number of halogens is 4. The first-order valence-corrected chi connectivity index (χ1v) is 9.45. The van der Waals surface area contributed by atoms with Gasteiger partial charge in [-0.15, -0.1) is 0 Å². The summed E-state index contributed by atoms with van der Waals surface area (Å²) in [6.45, 7) is 4.42. The van der Waals surface area contributed by atoms with Gasteiger partial charge in [0.1, 0.15) is 1.43 Å². The van der Waals surface area contributed by atoms with Crippen LogP contribution in [0.2, 0.25) is 0 Å². The van der Waals surface area contributed by atoms with E-state index in [2.05, 4.69) is 104 Å². The lowest BCUT2D eigenvalue weighted by molar-refractivity contribution is -0.121. The molecule has 1 fully saturated rings. The number of carbonyl (C=O) groups is 1. The molecule has 0 radical (unpaired) electrons. The first-order valence-electron chi connectivity index (χ1n) is 4.97. The van der Waals surface area contributed by atoms with Crippen LogP contribution in [0.1, 0.15) is 33.1 Å². The van der Waals surface area contributed by atoms with Crippen molar-refractivity contribution in [1.29, 1.82) is 0 Å². The molecule has 0 aromatic rings. The second kappa shape index (κ2) is 5.70. The van der Waals surface area contributed by atoms with Gasteiger partial charge in [-0.2, -0.15) is 0 Å². The highest BCUT2D eigenvalue weighted by atomic mass is 127. The molecule has 5 heteroatoms. The summed E-state index contributed by atoms with van der Waals surface area (Å²) in [6, 6.07) is 0. The second-order valence-electron chi connectivity index (χ2n) is 4.40. The van der Waals surface area contributed by atoms with Gasteiger partial charge in [0.15, 0.2) is 5.78 Å². The zero-order valence-corrected chi connectivity index (χ0v) is 17.3. The van der Waals surface area contributed by atoms with E-state index >= 15 is 0 Å². The van der Waals surface area contributed by atoms with Gasteiger partial charge in [0.2, 0.25) is 0 Å². The van der Waals surface area contributed by atoms with Crippen molar-refractivity contribution in [2.45, 2.75) is 41.9 Å². The first-order chi connectivity index (χ1) is 6.72. The van der Waals surface area contributed by atoms with Crippen molar-refractivity contribution < 1.29 is 4.79 Å². The summed E-state index contributed by atoms with van der Waals surface area (Å²) in [5, 5.41) is 0. The van der Waals surface area contributed by atoms with Gasteiger partial charge < -0.3 is 0 Å². The Balaban J connectivity index is 2.97. The van der Waals surface area contributed by atoms with Gasteiger partial charge in [-0.3, -0.25) is 4.79 Å². The lowest BCUT2D eigenvalue weighted by Gasteiger charge is -2.41. The molecule has 1 aliphatic carbocycles. The number of rotatable bonds is 2. The largest absolute Gasteiger partial charge is 0.296 e. The number of ketones is 1. The van der Waals surface area contributed by atoms with E-state index in [-0.39, 0.29) is 4.85 Å². The highest BCUT2D eigenvalue weighted by molar-refractivity contribution is 14.2. The molecule has 0 bridgehead atoms. The van der Waals surface area contributed by atoms with Crippen LogP contribution >= 0.6 is 90.4 Å². The van der Waals surface area contributed by atoms with Crippen molar-refractivity contribution in [2.75, 3.05) is 0 Å². The van der Waals surface area contributed by atoms with E-state index in [0.717, 1.165) is 12.8 Å². The van der Waals surface area contributed by atoms with Crippen molar-refractivity contribution >= 4 is 96.1 Å². The normalized spacial score (nSPS) is 33.1. The maximum atomic E-state index is 12.5. The summed E-state index contributed by atoms with van der Waals surface area (Å²) >= 11 is 9.54. The number of hydrogen-bond acceptors (Lipinski definition) is 1. The average molecular weight is 658 g/mol. The molecule has 1 saturated carbocycles. The summed E-state index contributed by atoms with van der Waals surface area (Å²) in [6.07, 6.45) is 3.25. The fourth-order valence-electron chi connectivity index (χ4n) is 1.89. The number of alkyl halides is 4. The molecular weight excluding hydrogens is 644 g/mol. The van der Waals surface area contributed by atoms with Crippen LogP contribution < -0.4 is 0 Å². The Morgan fingerprint density at radius 1 is 1.20 bits per heavy atom. The molecule has 0 aliphatic heterocycles. The van der Waals surface area contributed by atoms with Gasteiger partial charge in [0, 0.05) is 3.92 Å². The van der Waals surface area contributed by atoms with Gasteiger partial charge in [-0.1, -0.05) is 104 Å². The smallest absolute Gasteiger partial charge is 0.175 e. The fraction of sp³-hybridized carbons (Fsp3) is 0.900. The molecule has 2 atom stereocenters. The van der Waals surface area contributed by atoms with Gasteiger partial charge in [-0.25, -0.2) is 0 Å². The summed E-state index contributed by atoms with van der Waals surface area (Å²) in [4.78, 5) is 12.5. The Bertz CT molecular complexity index is 264. The van der Waals surface area contributed by atoms with E-state index in [9.17, 15) is 4.79 Å². The first kappa shape index (κ1) is 15.6. The molecule has 2 unspecified atom stereocenters. The minimum Gasteiger partial charge on any atom is -0.296 e. The minimum atomic E-state index is -0.173. The molecule has 0 N–H and O–H groups in total. The zero-order valence-electron chi connectivity index (χ0n) is 8.70. The summed E-state index contributed by atoms with van der Waals surface area (Å²) < 4.78 is 0.118. The Morgan fingerprint density at radius 3 is 2.20 bits per heavy atom. The summed E-state index contributed by atoms with van der Waals surface area (Å²) in [5.74, 6) is 1.00.